The third-order valence-corrected chi connectivity index (χ3v) is 7.97. The molecular weight excluding hydrogens is 598 g/mol. The first-order chi connectivity index (χ1) is 22.5. The Morgan fingerprint density at radius 1 is 0.848 bits per heavy atom. The summed E-state index contributed by atoms with van der Waals surface area (Å²) in [4.78, 5) is 39.7. The van der Waals surface area contributed by atoms with Gasteiger partial charge in [0.2, 0.25) is 11.9 Å². The van der Waals surface area contributed by atoms with Crippen molar-refractivity contribution in [2.24, 2.45) is 0 Å². The molecule has 0 atom stereocenters. The number of amides is 2. The van der Waals surface area contributed by atoms with Gasteiger partial charge in [-0.05, 0) is 84.8 Å². The molecule has 4 heterocycles. The third kappa shape index (κ3) is 6.07. The van der Waals surface area contributed by atoms with Gasteiger partial charge < -0.3 is 20.4 Å². The molecule has 0 fully saturated rings. The predicted octanol–water partition coefficient (Wildman–Crippen LogP) is 7.92. The molecule has 7 aromatic rings. The van der Waals surface area contributed by atoms with E-state index in [9.17, 15) is 9.59 Å². The van der Waals surface area contributed by atoms with Gasteiger partial charge in [-0.1, -0.05) is 30.8 Å². The molecule has 0 radical (unpaired) electrons. The molecule has 0 saturated heterocycles. The maximum Gasteiger partial charge on any atom is 0.255 e. The van der Waals surface area contributed by atoms with Gasteiger partial charge in [-0.2, -0.15) is 0 Å². The molecular formula is C35H25N7O3S. The molecule has 0 aliphatic rings. The van der Waals surface area contributed by atoms with Crippen LogP contribution in [0.2, 0.25) is 0 Å². The average Bonchev–Trinajstić information content (AvgIpc) is 3.72. The lowest BCUT2D eigenvalue weighted by Gasteiger charge is -2.11. The van der Waals surface area contributed by atoms with Crippen molar-refractivity contribution in [3.05, 3.63) is 134 Å². The molecule has 7 rings (SSSR count). The molecule has 0 saturated carbocycles. The quantitative estimate of drug-likeness (QED) is 0.138. The van der Waals surface area contributed by atoms with Crippen LogP contribution in [0, 0.1) is 0 Å². The topological polar surface area (TPSA) is 127 Å². The number of benzene rings is 3. The van der Waals surface area contributed by atoms with Crippen LogP contribution in [0.1, 0.15) is 10.4 Å². The largest absolute Gasteiger partial charge is 0.460 e. The second kappa shape index (κ2) is 12.4. The van der Waals surface area contributed by atoms with Crippen molar-refractivity contribution < 1.29 is 14.0 Å². The smallest absolute Gasteiger partial charge is 0.255 e. The molecule has 46 heavy (non-hydrogen) atoms. The van der Waals surface area contributed by atoms with Gasteiger partial charge in [-0.25, -0.2) is 15.0 Å². The van der Waals surface area contributed by atoms with Crippen LogP contribution in [0.15, 0.2) is 138 Å². The van der Waals surface area contributed by atoms with Crippen molar-refractivity contribution in [3.63, 3.8) is 0 Å². The van der Waals surface area contributed by atoms with Crippen molar-refractivity contribution in [1.29, 1.82) is 0 Å². The Balaban J connectivity index is 1.11. The Morgan fingerprint density at radius 3 is 2.50 bits per heavy atom. The maximum absolute atomic E-state index is 12.9. The Hall–Kier alpha value is -6.20. The van der Waals surface area contributed by atoms with Crippen LogP contribution >= 0.6 is 11.9 Å². The van der Waals surface area contributed by atoms with Gasteiger partial charge in [-0.15, -0.1) is 0 Å². The number of furan rings is 1. The number of carbonyl (C=O) groups is 2. The van der Waals surface area contributed by atoms with Crippen LogP contribution in [0.3, 0.4) is 0 Å². The first kappa shape index (κ1) is 28.6. The van der Waals surface area contributed by atoms with Gasteiger partial charge in [-0.3, -0.25) is 13.6 Å². The number of pyridine rings is 1. The second-order valence-electron chi connectivity index (χ2n) is 10.1. The number of hydrogen-bond acceptors (Lipinski definition) is 8. The molecule has 0 unspecified atom stereocenters. The van der Waals surface area contributed by atoms with Crippen LogP contribution < -0.4 is 16.0 Å². The van der Waals surface area contributed by atoms with Crippen molar-refractivity contribution in [1.82, 2.24) is 18.9 Å². The van der Waals surface area contributed by atoms with E-state index in [1.165, 1.54) is 6.08 Å². The minimum atomic E-state index is -0.323. The van der Waals surface area contributed by atoms with E-state index in [0.717, 1.165) is 21.5 Å². The van der Waals surface area contributed by atoms with E-state index < -0.39 is 0 Å². The van der Waals surface area contributed by atoms with E-state index in [4.69, 9.17) is 14.4 Å². The Morgan fingerprint density at radius 2 is 1.67 bits per heavy atom. The van der Waals surface area contributed by atoms with E-state index in [2.05, 4.69) is 39.6 Å². The third-order valence-electron chi connectivity index (χ3n) is 6.99. The lowest BCUT2D eigenvalue weighted by Crippen LogP contribution is -2.12. The van der Waals surface area contributed by atoms with Gasteiger partial charge in [0.1, 0.15) is 16.9 Å². The Bertz CT molecular complexity index is 2230. The molecule has 3 N–H and O–H groups in total. The molecule has 4 aromatic heterocycles. The van der Waals surface area contributed by atoms with Crippen LogP contribution in [-0.2, 0) is 4.79 Å². The van der Waals surface area contributed by atoms with E-state index in [1.54, 1.807) is 66.9 Å². The predicted molar refractivity (Wildman–Crippen MR) is 181 cm³/mol. The van der Waals surface area contributed by atoms with E-state index >= 15 is 0 Å². The highest BCUT2D eigenvalue weighted by Crippen LogP contribution is 2.32. The fraction of sp³-hybridized carbons (Fsp3) is 0. The number of fused-ring (bicyclic) bond motifs is 2. The highest BCUT2D eigenvalue weighted by Gasteiger charge is 2.16. The lowest BCUT2D eigenvalue weighted by atomic mass is 10.1. The summed E-state index contributed by atoms with van der Waals surface area (Å²) in [6.07, 6.45) is 6.55. The van der Waals surface area contributed by atoms with Gasteiger partial charge in [0.05, 0.1) is 6.26 Å². The molecule has 11 heteroatoms. The molecule has 3 aromatic carbocycles. The molecule has 2 amide bonds. The highest BCUT2D eigenvalue weighted by atomic mass is 32.2. The standard InChI is InChI=1S/C35H25N7O3S/c1-2-30(43)37-25-13-11-22(12-14-25)34(44)38-26-7-6-8-27(20-26)39-35-40-29-16-18-45-32(29)31(41-35)24-19-23-15-17-42(33(23)36-21-24)46-28-9-4-3-5-10-28/h2-21H,1H2,(H,37,43)(H,38,44)(H,39,40,41). The summed E-state index contributed by atoms with van der Waals surface area (Å²) in [5.74, 6) is -0.256. The summed E-state index contributed by atoms with van der Waals surface area (Å²) < 4.78 is 7.82. The summed E-state index contributed by atoms with van der Waals surface area (Å²) in [5.41, 5.74) is 5.70. The monoisotopic (exact) mass is 623 g/mol. The molecule has 224 valence electrons. The number of anilines is 4. The first-order valence-corrected chi connectivity index (χ1v) is 15.0. The van der Waals surface area contributed by atoms with Crippen molar-refractivity contribution in [3.8, 4) is 11.3 Å². The van der Waals surface area contributed by atoms with Gasteiger partial charge in [0.15, 0.2) is 5.58 Å². The number of nitrogens with one attached hydrogen (secondary N) is 3. The summed E-state index contributed by atoms with van der Waals surface area (Å²) >= 11 is 1.60. The maximum atomic E-state index is 12.9. The number of carbonyl (C=O) groups excluding carboxylic acids is 2. The SMILES string of the molecule is C=CC(=O)Nc1ccc(C(=O)Nc2cccc(Nc3nc(-c4cnc5c(ccn5Sc5ccccc5)c4)c4occc4n3)c2)cc1. The normalized spacial score (nSPS) is 11.0. The number of aromatic nitrogens is 4. The van der Waals surface area contributed by atoms with E-state index in [1.807, 2.05) is 52.6 Å². The summed E-state index contributed by atoms with van der Waals surface area (Å²) in [6, 6.07) is 29.8. The van der Waals surface area contributed by atoms with Crippen molar-refractivity contribution in [2.45, 2.75) is 4.90 Å². The summed E-state index contributed by atoms with van der Waals surface area (Å²) in [7, 11) is 0. The summed E-state index contributed by atoms with van der Waals surface area (Å²) in [5, 5.41) is 9.78. The number of nitrogens with zero attached hydrogens (tertiary/aromatic N) is 4. The lowest BCUT2D eigenvalue weighted by molar-refractivity contribution is -0.111. The minimum absolute atomic E-state index is 0.295. The first-order valence-electron chi connectivity index (χ1n) is 14.2. The zero-order chi connectivity index (χ0) is 31.5. The molecule has 0 bridgehead atoms. The highest BCUT2D eigenvalue weighted by molar-refractivity contribution is 7.98. The van der Waals surface area contributed by atoms with Gasteiger partial charge >= 0.3 is 0 Å². The van der Waals surface area contributed by atoms with Crippen molar-refractivity contribution >= 4 is 68.9 Å². The van der Waals surface area contributed by atoms with Crippen molar-refractivity contribution in [2.75, 3.05) is 16.0 Å². The molecule has 0 spiro atoms. The second-order valence-corrected chi connectivity index (χ2v) is 11.2. The fourth-order valence-corrected chi connectivity index (χ4v) is 5.69. The summed E-state index contributed by atoms with van der Waals surface area (Å²) in [6.45, 7) is 3.44. The zero-order valence-corrected chi connectivity index (χ0v) is 25.0. The van der Waals surface area contributed by atoms with Crippen LogP contribution in [0.25, 0.3) is 33.4 Å². The average molecular weight is 624 g/mol. The van der Waals surface area contributed by atoms with E-state index in [-0.39, 0.29) is 11.8 Å². The van der Waals surface area contributed by atoms with Crippen LogP contribution in [-0.4, -0.2) is 30.7 Å². The molecule has 10 nitrogen and oxygen atoms in total. The van der Waals surface area contributed by atoms with Gasteiger partial charge in [0, 0.05) is 56.9 Å². The fourth-order valence-electron chi connectivity index (χ4n) is 4.82. The molecule has 0 aliphatic heterocycles. The van der Waals surface area contributed by atoms with Crippen LogP contribution in [0.4, 0.5) is 23.0 Å². The minimum Gasteiger partial charge on any atom is -0.460 e. The Kier molecular flexibility index (Phi) is 7.71. The Labute approximate surface area is 267 Å². The zero-order valence-electron chi connectivity index (χ0n) is 24.2. The molecule has 0 aliphatic carbocycles. The van der Waals surface area contributed by atoms with E-state index in [0.29, 0.717) is 45.4 Å². The van der Waals surface area contributed by atoms with Gasteiger partial charge in [0.25, 0.3) is 5.91 Å². The van der Waals surface area contributed by atoms with Crippen LogP contribution in [0.5, 0.6) is 0 Å². The number of hydrogen-bond donors (Lipinski definition) is 3. The number of rotatable bonds is 9.